The molecule has 10 heteroatoms. The topological polar surface area (TPSA) is 117 Å². The van der Waals surface area contributed by atoms with Gasteiger partial charge in [0.1, 0.15) is 11.1 Å². The van der Waals surface area contributed by atoms with E-state index in [9.17, 15) is 23.3 Å². The molecule has 8 nitrogen and oxygen atoms in total. The van der Waals surface area contributed by atoms with E-state index >= 15 is 0 Å². The molecule has 1 N–H and O–H groups in total. The molecule has 1 aromatic heterocycles. The number of sulfone groups is 1. The molecule has 1 aromatic carbocycles. The first-order valence-electron chi connectivity index (χ1n) is 10.3. The minimum atomic E-state index is -3.32. The second-order valence-electron chi connectivity index (χ2n) is 7.42. The number of benzene rings is 1. The van der Waals surface area contributed by atoms with Crippen LogP contribution < -0.4 is 5.32 Å². The van der Waals surface area contributed by atoms with Gasteiger partial charge in [-0.15, -0.1) is 11.3 Å². The van der Waals surface area contributed by atoms with Gasteiger partial charge in [-0.2, -0.15) is 5.26 Å². The minimum Gasteiger partial charge on any atom is -0.450 e. The number of hydrogen-bond donors (Lipinski definition) is 1. The lowest BCUT2D eigenvalue weighted by Gasteiger charge is -2.25. The van der Waals surface area contributed by atoms with Crippen LogP contribution in [-0.4, -0.2) is 44.2 Å². The predicted molar refractivity (Wildman–Crippen MR) is 122 cm³/mol. The Bertz CT molecular complexity index is 1120. The number of nitriles is 1. The fourth-order valence-corrected chi connectivity index (χ4v) is 6.18. The standard InChI is InChI=1S/C22H25N3O5S2/c1-2-30-22(27)25-11-10-17-18(13-23)21(31-19(17)14-25)24-20(26)9-6-12-32(28,29)15-16-7-4-3-5-8-16/h3-5,7-8H,2,6,9-12,14-15H2,1H3,(H,24,26). The van der Waals surface area contributed by atoms with Gasteiger partial charge in [0.05, 0.1) is 30.2 Å². The molecule has 1 aliphatic heterocycles. The molecule has 2 heterocycles. The Kier molecular flexibility index (Phi) is 7.88. The van der Waals surface area contributed by atoms with Gasteiger partial charge in [0, 0.05) is 17.8 Å². The van der Waals surface area contributed by atoms with Crippen molar-refractivity contribution in [3.63, 3.8) is 0 Å². The van der Waals surface area contributed by atoms with Crippen molar-refractivity contribution in [3.8, 4) is 6.07 Å². The fourth-order valence-electron chi connectivity index (χ4n) is 3.52. The van der Waals surface area contributed by atoms with Crippen LogP contribution in [0, 0.1) is 11.3 Å². The number of anilines is 1. The van der Waals surface area contributed by atoms with Crippen molar-refractivity contribution in [1.82, 2.24) is 4.90 Å². The van der Waals surface area contributed by atoms with Crippen LogP contribution in [0.25, 0.3) is 0 Å². The van der Waals surface area contributed by atoms with E-state index in [2.05, 4.69) is 11.4 Å². The number of fused-ring (bicyclic) bond motifs is 1. The fraction of sp³-hybridized carbons (Fsp3) is 0.409. The maximum atomic E-state index is 12.4. The first-order chi connectivity index (χ1) is 15.3. The zero-order valence-corrected chi connectivity index (χ0v) is 19.4. The van der Waals surface area contributed by atoms with Gasteiger partial charge in [0.25, 0.3) is 0 Å². The van der Waals surface area contributed by atoms with Crippen molar-refractivity contribution < 1.29 is 22.7 Å². The van der Waals surface area contributed by atoms with Crippen molar-refractivity contribution in [1.29, 1.82) is 5.26 Å². The van der Waals surface area contributed by atoms with Crippen molar-refractivity contribution in [3.05, 3.63) is 51.9 Å². The Labute approximate surface area is 191 Å². The van der Waals surface area contributed by atoms with E-state index in [-0.39, 0.29) is 30.3 Å². The Morgan fingerprint density at radius 2 is 2.03 bits per heavy atom. The largest absolute Gasteiger partial charge is 0.450 e. The Morgan fingerprint density at radius 1 is 1.28 bits per heavy atom. The number of nitrogens with zero attached hydrogens (tertiary/aromatic N) is 2. The SMILES string of the molecule is CCOC(=O)N1CCc2c(sc(NC(=O)CCCS(=O)(=O)Cc3ccccc3)c2C#N)C1. The summed E-state index contributed by atoms with van der Waals surface area (Å²) in [4.78, 5) is 26.8. The highest BCUT2D eigenvalue weighted by Crippen LogP contribution is 2.36. The molecule has 0 saturated heterocycles. The first-order valence-corrected chi connectivity index (χ1v) is 13.0. The maximum Gasteiger partial charge on any atom is 0.410 e. The average Bonchev–Trinajstić information content (AvgIpc) is 3.10. The van der Waals surface area contributed by atoms with Gasteiger partial charge < -0.3 is 15.0 Å². The number of ether oxygens (including phenoxy) is 1. The number of carbonyl (C=O) groups excluding carboxylic acids is 2. The predicted octanol–water partition coefficient (Wildman–Crippen LogP) is 3.47. The molecule has 0 bridgehead atoms. The Morgan fingerprint density at radius 3 is 2.72 bits per heavy atom. The molecule has 32 heavy (non-hydrogen) atoms. The third kappa shape index (κ3) is 6.08. The molecule has 0 saturated carbocycles. The third-order valence-electron chi connectivity index (χ3n) is 5.04. The van der Waals surface area contributed by atoms with E-state index in [1.54, 1.807) is 36.1 Å². The van der Waals surface area contributed by atoms with Crippen LogP contribution in [0.5, 0.6) is 0 Å². The number of carbonyl (C=O) groups is 2. The minimum absolute atomic E-state index is 0.0381. The van der Waals surface area contributed by atoms with Crippen molar-refractivity contribution in [2.45, 2.75) is 38.5 Å². The molecular formula is C22H25N3O5S2. The second kappa shape index (κ2) is 10.6. The summed E-state index contributed by atoms with van der Waals surface area (Å²) in [6, 6.07) is 11.1. The highest BCUT2D eigenvalue weighted by molar-refractivity contribution is 7.90. The first kappa shape index (κ1) is 23.8. The molecule has 0 atom stereocenters. The molecule has 0 fully saturated rings. The lowest BCUT2D eigenvalue weighted by molar-refractivity contribution is -0.116. The van der Waals surface area contributed by atoms with Crippen LogP contribution in [0.1, 0.15) is 41.3 Å². The third-order valence-corrected chi connectivity index (χ3v) is 7.85. The van der Waals surface area contributed by atoms with Crippen LogP contribution in [0.15, 0.2) is 30.3 Å². The lowest BCUT2D eigenvalue weighted by atomic mass is 10.0. The zero-order chi connectivity index (χ0) is 23.1. The number of nitrogens with one attached hydrogen (secondary N) is 1. The van der Waals surface area contributed by atoms with Gasteiger partial charge in [-0.1, -0.05) is 30.3 Å². The highest BCUT2D eigenvalue weighted by Gasteiger charge is 2.28. The molecule has 3 rings (SSSR count). The Hall–Kier alpha value is -2.90. The van der Waals surface area contributed by atoms with Crippen molar-refractivity contribution in [2.75, 3.05) is 24.2 Å². The van der Waals surface area contributed by atoms with Crippen molar-refractivity contribution >= 4 is 38.2 Å². The lowest BCUT2D eigenvalue weighted by Crippen LogP contribution is -2.35. The summed E-state index contributed by atoms with van der Waals surface area (Å²) in [6.45, 7) is 2.82. The van der Waals surface area contributed by atoms with E-state index in [4.69, 9.17) is 4.74 Å². The summed E-state index contributed by atoms with van der Waals surface area (Å²) in [5.74, 6) is -0.476. The van der Waals surface area contributed by atoms with Gasteiger partial charge >= 0.3 is 6.09 Å². The summed E-state index contributed by atoms with van der Waals surface area (Å²) < 4.78 is 29.6. The summed E-state index contributed by atoms with van der Waals surface area (Å²) in [5.41, 5.74) is 1.98. The molecule has 2 aromatic rings. The molecule has 170 valence electrons. The quantitative estimate of drug-likeness (QED) is 0.625. The van der Waals surface area contributed by atoms with Gasteiger partial charge in [-0.05, 0) is 30.9 Å². The molecule has 0 unspecified atom stereocenters. The van der Waals surface area contributed by atoms with Gasteiger partial charge in [-0.3, -0.25) is 4.79 Å². The summed E-state index contributed by atoms with van der Waals surface area (Å²) in [6.07, 6.45) is 0.356. The van der Waals surface area contributed by atoms with Crippen LogP contribution >= 0.6 is 11.3 Å². The molecule has 0 aliphatic carbocycles. The second-order valence-corrected chi connectivity index (χ2v) is 10.7. The smallest absolute Gasteiger partial charge is 0.410 e. The zero-order valence-electron chi connectivity index (χ0n) is 17.8. The van der Waals surface area contributed by atoms with Crippen molar-refractivity contribution in [2.24, 2.45) is 0 Å². The number of amides is 2. The normalized spacial score (nSPS) is 13.2. The number of thiophene rings is 1. The van der Waals surface area contributed by atoms with Crippen LogP contribution in [-0.2, 0) is 38.1 Å². The molecule has 2 amide bonds. The maximum absolute atomic E-state index is 12.4. The monoisotopic (exact) mass is 475 g/mol. The summed E-state index contributed by atoms with van der Waals surface area (Å²) in [7, 11) is -3.32. The number of rotatable bonds is 8. The van der Waals surface area contributed by atoms with E-state index in [0.29, 0.717) is 36.7 Å². The molecular weight excluding hydrogens is 450 g/mol. The molecule has 1 aliphatic rings. The van der Waals surface area contributed by atoms with Gasteiger partial charge in [0.2, 0.25) is 5.91 Å². The molecule has 0 radical (unpaired) electrons. The van der Waals surface area contributed by atoms with Gasteiger partial charge in [0.15, 0.2) is 9.84 Å². The van der Waals surface area contributed by atoms with Gasteiger partial charge in [-0.25, -0.2) is 13.2 Å². The van der Waals surface area contributed by atoms with E-state index in [1.165, 1.54) is 11.3 Å². The highest BCUT2D eigenvalue weighted by atomic mass is 32.2. The average molecular weight is 476 g/mol. The van der Waals surface area contributed by atoms with E-state index < -0.39 is 15.9 Å². The van der Waals surface area contributed by atoms with Crippen LogP contribution in [0.4, 0.5) is 9.80 Å². The summed E-state index contributed by atoms with van der Waals surface area (Å²) >= 11 is 1.27. The Balaban J connectivity index is 1.56. The summed E-state index contributed by atoms with van der Waals surface area (Å²) in [5, 5.41) is 12.8. The van der Waals surface area contributed by atoms with Crippen LogP contribution in [0.3, 0.4) is 0 Å². The van der Waals surface area contributed by atoms with E-state index in [0.717, 1.165) is 16.0 Å². The molecule has 0 spiro atoms. The van der Waals surface area contributed by atoms with E-state index in [1.807, 2.05) is 6.07 Å². The number of hydrogen-bond acceptors (Lipinski definition) is 7. The van der Waals surface area contributed by atoms with Crippen LogP contribution in [0.2, 0.25) is 0 Å².